The van der Waals surface area contributed by atoms with Crippen molar-refractivity contribution in [3.8, 4) is 0 Å². The fourth-order valence-corrected chi connectivity index (χ4v) is 3.41. The lowest BCUT2D eigenvalue weighted by molar-refractivity contribution is -0.0819. The largest absolute Gasteiger partial charge is 0.376 e. The van der Waals surface area contributed by atoms with E-state index in [4.69, 9.17) is 14.0 Å². The molecule has 0 aromatic heterocycles. The zero-order valence-corrected chi connectivity index (χ0v) is 16.4. The molecule has 4 heteroatoms. The second kappa shape index (κ2) is 10.2. The summed E-state index contributed by atoms with van der Waals surface area (Å²) in [6.45, 7) is 17.8. The molecule has 0 saturated carbocycles. The van der Waals surface area contributed by atoms with Gasteiger partial charge in [-0.05, 0) is 80.8 Å². The summed E-state index contributed by atoms with van der Waals surface area (Å²) in [5.41, 5.74) is -0.133. The first-order chi connectivity index (χ1) is 9.58. The zero-order valence-electron chi connectivity index (χ0n) is 15.4. The van der Waals surface area contributed by atoms with Crippen molar-refractivity contribution < 1.29 is 14.0 Å². The van der Waals surface area contributed by atoms with E-state index < -0.39 is 0 Å². The smallest absolute Gasteiger partial charge is 0.0634 e. The molecule has 0 amide bonds. The summed E-state index contributed by atoms with van der Waals surface area (Å²) in [5.74, 6) is 0. The van der Waals surface area contributed by atoms with Crippen molar-refractivity contribution in [2.24, 2.45) is 0 Å². The molecule has 0 fully saturated rings. The zero-order chi connectivity index (χ0) is 16.5. The maximum Gasteiger partial charge on any atom is 0.0634 e. The number of hydrogen-bond acceptors (Lipinski definition) is 3. The van der Waals surface area contributed by atoms with Gasteiger partial charge in [-0.1, -0.05) is 0 Å². The van der Waals surface area contributed by atoms with E-state index in [9.17, 15) is 0 Å². The molecule has 0 aromatic carbocycles. The highest BCUT2D eigenvalue weighted by molar-refractivity contribution is 7.32. The average Bonchev–Trinajstić information content (AvgIpc) is 2.32. The minimum atomic E-state index is -0.0808. The topological polar surface area (TPSA) is 27.7 Å². The standard InChI is InChI=1S/C17H37O3P/c1-9-18-16(5,6)11-10-15(4)19-17(7,8)12-13-21-20-14(2)3/h14-15,21H,9-13H2,1-8H3. The van der Waals surface area contributed by atoms with Crippen LogP contribution in [-0.2, 0) is 14.0 Å². The summed E-state index contributed by atoms with van der Waals surface area (Å²) in [6, 6.07) is 0. The molecule has 0 spiro atoms. The summed E-state index contributed by atoms with van der Waals surface area (Å²) in [5, 5.41) is 0. The summed E-state index contributed by atoms with van der Waals surface area (Å²) >= 11 is 0. The van der Waals surface area contributed by atoms with Crippen molar-refractivity contribution in [3.05, 3.63) is 0 Å². The van der Waals surface area contributed by atoms with Crippen molar-refractivity contribution >= 4 is 8.81 Å². The molecule has 2 unspecified atom stereocenters. The minimum Gasteiger partial charge on any atom is -0.376 e. The van der Waals surface area contributed by atoms with Gasteiger partial charge in [-0.15, -0.1) is 0 Å². The van der Waals surface area contributed by atoms with E-state index in [0.717, 1.165) is 32.0 Å². The first kappa shape index (κ1) is 21.3. The van der Waals surface area contributed by atoms with Gasteiger partial charge in [-0.3, -0.25) is 0 Å². The van der Waals surface area contributed by atoms with E-state index in [1.807, 2.05) is 6.92 Å². The van der Waals surface area contributed by atoms with Gasteiger partial charge in [0.25, 0.3) is 0 Å². The average molecular weight is 320 g/mol. The van der Waals surface area contributed by atoms with Crippen molar-refractivity contribution in [3.63, 3.8) is 0 Å². The molecule has 0 aliphatic rings. The van der Waals surface area contributed by atoms with Crippen molar-refractivity contribution in [1.82, 2.24) is 0 Å². The Morgan fingerprint density at radius 2 is 1.57 bits per heavy atom. The van der Waals surface area contributed by atoms with E-state index in [2.05, 4.69) is 48.5 Å². The summed E-state index contributed by atoms with van der Waals surface area (Å²) in [7, 11) is 0.574. The number of hydrogen-bond donors (Lipinski definition) is 0. The molecule has 21 heavy (non-hydrogen) atoms. The first-order valence-corrected chi connectivity index (χ1v) is 9.40. The monoisotopic (exact) mass is 320 g/mol. The van der Waals surface area contributed by atoms with Crippen LogP contribution in [0.3, 0.4) is 0 Å². The molecule has 0 aliphatic heterocycles. The molecule has 0 saturated heterocycles. The van der Waals surface area contributed by atoms with Gasteiger partial charge in [-0.2, -0.15) is 0 Å². The van der Waals surface area contributed by atoms with Crippen LogP contribution >= 0.6 is 8.81 Å². The predicted octanol–water partition coefficient (Wildman–Crippen LogP) is 5.17. The highest BCUT2D eigenvalue weighted by Crippen LogP contribution is 2.26. The van der Waals surface area contributed by atoms with Gasteiger partial charge in [0.1, 0.15) is 0 Å². The van der Waals surface area contributed by atoms with Crippen LogP contribution in [0.2, 0.25) is 0 Å². The molecule has 128 valence electrons. The third-order valence-corrected chi connectivity index (χ3v) is 4.45. The number of rotatable bonds is 12. The van der Waals surface area contributed by atoms with E-state index in [1.54, 1.807) is 0 Å². The van der Waals surface area contributed by atoms with Crippen LogP contribution in [0.15, 0.2) is 0 Å². The van der Waals surface area contributed by atoms with Gasteiger partial charge in [0, 0.05) is 15.4 Å². The van der Waals surface area contributed by atoms with Crippen LogP contribution in [0, 0.1) is 0 Å². The summed E-state index contributed by atoms with van der Waals surface area (Å²) in [6.07, 6.45) is 4.75. The first-order valence-electron chi connectivity index (χ1n) is 8.28. The molecule has 3 nitrogen and oxygen atoms in total. The molecular weight excluding hydrogens is 283 g/mol. The second-order valence-electron chi connectivity index (χ2n) is 7.23. The van der Waals surface area contributed by atoms with Gasteiger partial charge in [0.15, 0.2) is 0 Å². The van der Waals surface area contributed by atoms with Crippen LogP contribution < -0.4 is 0 Å². The van der Waals surface area contributed by atoms with Gasteiger partial charge >= 0.3 is 0 Å². The molecule has 2 atom stereocenters. The lowest BCUT2D eigenvalue weighted by Crippen LogP contribution is -2.32. The maximum atomic E-state index is 6.21. The Morgan fingerprint density at radius 1 is 0.952 bits per heavy atom. The molecule has 0 heterocycles. The molecule has 0 radical (unpaired) electrons. The fraction of sp³-hybridized carbons (Fsp3) is 1.00. The predicted molar refractivity (Wildman–Crippen MR) is 93.6 cm³/mol. The maximum absolute atomic E-state index is 6.21. The fourth-order valence-electron chi connectivity index (χ4n) is 2.25. The van der Waals surface area contributed by atoms with E-state index in [0.29, 0.717) is 14.9 Å². The Morgan fingerprint density at radius 3 is 2.10 bits per heavy atom. The molecule has 0 N–H and O–H groups in total. The van der Waals surface area contributed by atoms with Crippen LogP contribution in [0.25, 0.3) is 0 Å². The highest BCUT2D eigenvalue weighted by Gasteiger charge is 2.24. The van der Waals surface area contributed by atoms with Crippen LogP contribution in [0.4, 0.5) is 0 Å². The molecule has 0 aromatic rings. The van der Waals surface area contributed by atoms with Gasteiger partial charge < -0.3 is 14.0 Å². The van der Waals surface area contributed by atoms with Crippen molar-refractivity contribution in [1.29, 1.82) is 0 Å². The summed E-state index contributed by atoms with van der Waals surface area (Å²) < 4.78 is 17.6. The molecular formula is C17H37O3P. The quantitative estimate of drug-likeness (QED) is 0.366. The Kier molecular flexibility index (Phi) is 10.3. The Hall–Kier alpha value is 0.310. The molecule has 0 aliphatic carbocycles. The molecule has 0 rings (SSSR count). The van der Waals surface area contributed by atoms with Crippen LogP contribution in [-0.4, -0.2) is 36.2 Å². The van der Waals surface area contributed by atoms with Crippen LogP contribution in [0.1, 0.15) is 74.7 Å². The Labute approximate surface area is 134 Å². The second-order valence-corrected chi connectivity index (χ2v) is 8.25. The molecule has 0 bridgehead atoms. The normalized spacial score (nSPS) is 15.3. The number of ether oxygens (including phenoxy) is 2. The highest BCUT2D eigenvalue weighted by atomic mass is 31.1. The summed E-state index contributed by atoms with van der Waals surface area (Å²) in [4.78, 5) is 0. The lowest BCUT2D eigenvalue weighted by atomic mass is 9.99. The van der Waals surface area contributed by atoms with Gasteiger partial charge in [0.05, 0.1) is 23.4 Å². The van der Waals surface area contributed by atoms with Crippen molar-refractivity contribution in [2.75, 3.05) is 12.8 Å². The SMILES string of the molecule is CCOC(C)(C)CCC(C)OC(C)(C)CCPOC(C)C. The van der Waals surface area contributed by atoms with Crippen LogP contribution in [0.5, 0.6) is 0 Å². The lowest BCUT2D eigenvalue weighted by Gasteiger charge is -2.31. The van der Waals surface area contributed by atoms with Gasteiger partial charge in [0.2, 0.25) is 0 Å². The van der Waals surface area contributed by atoms with E-state index in [1.165, 1.54) is 0 Å². The minimum absolute atomic E-state index is 0.0526. The van der Waals surface area contributed by atoms with Gasteiger partial charge in [-0.25, -0.2) is 0 Å². The van der Waals surface area contributed by atoms with E-state index in [-0.39, 0.29) is 17.3 Å². The third kappa shape index (κ3) is 12.5. The van der Waals surface area contributed by atoms with E-state index >= 15 is 0 Å². The Bertz CT molecular complexity index is 265. The Balaban J connectivity index is 3.97. The van der Waals surface area contributed by atoms with Crippen molar-refractivity contribution in [2.45, 2.75) is 98.1 Å². The third-order valence-electron chi connectivity index (χ3n) is 3.36.